The van der Waals surface area contributed by atoms with E-state index in [4.69, 9.17) is 0 Å². The van der Waals surface area contributed by atoms with Crippen molar-refractivity contribution in [2.75, 3.05) is 5.32 Å². The lowest BCUT2D eigenvalue weighted by Crippen LogP contribution is -2.29. The molecule has 3 aromatic heterocycles. The van der Waals surface area contributed by atoms with Gasteiger partial charge in [0, 0.05) is 31.3 Å². The Morgan fingerprint density at radius 3 is 2.76 bits per heavy atom. The van der Waals surface area contributed by atoms with E-state index < -0.39 is 0 Å². The number of urea groups is 1. The van der Waals surface area contributed by atoms with Crippen LogP contribution in [0.15, 0.2) is 49.2 Å². The van der Waals surface area contributed by atoms with E-state index in [1.165, 1.54) is 0 Å². The summed E-state index contributed by atoms with van der Waals surface area (Å²) in [6, 6.07) is 5.10. The van der Waals surface area contributed by atoms with Gasteiger partial charge in [-0.05, 0) is 24.1 Å². The monoisotopic (exact) mass is 339 g/mol. The van der Waals surface area contributed by atoms with Crippen LogP contribution in [0.4, 0.5) is 10.5 Å². The van der Waals surface area contributed by atoms with Gasteiger partial charge in [-0.25, -0.2) is 19.4 Å². The maximum Gasteiger partial charge on any atom is 0.319 e. The van der Waals surface area contributed by atoms with Crippen LogP contribution in [0.5, 0.6) is 0 Å². The lowest BCUT2D eigenvalue weighted by atomic mass is 10.2. The number of carbonyl (C=O) groups excluding carboxylic acids is 1. The van der Waals surface area contributed by atoms with Gasteiger partial charge in [0.15, 0.2) is 5.82 Å². The van der Waals surface area contributed by atoms with Gasteiger partial charge in [-0.15, -0.1) is 0 Å². The van der Waals surface area contributed by atoms with E-state index in [0.29, 0.717) is 24.0 Å². The zero-order valence-electron chi connectivity index (χ0n) is 14.3. The van der Waals surface area contributed by atoms with Gasteiger partial charge in [0.05, 0.1) is 18.4 Å². The number of amides is 2. The maximum atomic E-state index is 12.1. The van der Waals surface area contributed by atoms with Crippen LogP contribution in [0.3, 0.4) is 0 Å². The number of aromatic nitrogens is 5. The Labute approximate surface area is 145 Å². The van der Waals surface area contributed by atoms with Crippen LogP contribution in [0, 0.1) is 5.92 Å². The van der Waals surface area contributed by atoms with Crippen LogP contribution < -0.4 is 10.6 Å². The summed E-state index contributed by atoms with van der Waals surface area (Å²) in [6.45, 7) is 5.52. The van der Waals surface area contributed by atoms with Crippen molar-refractivity contribution in [2.45, 2.75) is 26.9 Å². The predicted molar refractivity (Wildman–Crippen MR) is 94.3 cm³/mol. The van der Waals surface area contributed by atoms with Crippen LogP contribution >= 0.6 is 0 Å². The summed E-state index contributed by atoms with van der Waals surface area (Å²) in [5.74, 6) is 2.03. The van der Waals surface area contributed by atoms with Gasteiger partial charge in [-0.3, -0.25) is 0 Å². The highest BCUT2D eigenvalue weighted by Crippen LogP contribution is 2.09. The van der Waals surface area contributed by atoms with E-state index >= 15 is 0 Å². The SMILES string of the molecule is CC(C)Cn1ccnc1CNC(=O)Nc1ccc(-n2cccn2)nc1. The number of hydrogen-bond acceptors (Lipinski definition) is 4. The summed E-state index contributed by atoms with van der Waals surface area (Å²) >= 11 is 0. The molecule has 0 spiro atoms. The normalized spacial score (nSPS) is 10.8. The summed E-state index contributed by atoms with van der Waals surface area (Å²) in [5.41, 5.74) is 0.610. The van der Waals surface area contributed by atoms with Gasteiger partial charge in [-0.2, -0.15) is 5.10 Å². The summed E-state index contributed by atoms with van der Waals surface area (Å²) in [7, 11) is 0. The zero-order valence-corrected chi connectivity index (χ0v) is 14.3. The largest absolute Gasteiger partial charge is 0.333 e. The van der Waals surface area contributed by atoms with Crippen molar-refractivity contribution in [2.24, 2.45) is 5.92 Å². The lowest BCUT2D eigenvalue weighted by molar-refractivity contribution is 0.251. The zero-order chi connectivity index (χ0) is 17.6. The second-order valence-electron chi connectivity index (χ2n) is 6.05. The quantitative estimate of drug-likeness (QED) is 0.722. The van der Waals surface area contributed by atoms with Crippen LogP contribution in [0.2, 0.25) is 0 Å². The van der Waals surface area contributed by atoms with Gasteiger partial charge in [0.2, 0.25) is 0 Å². The second-order valence-corrected chi connectivity index (χ2v) is 6.05. The highest BCUT2D eigenvalue weighted by molar-refractivity contribution is 5.88. The first kappa shape index (κ1) is 16.7. The molecule has 0 aliphatic carbocycles. The fourth-order valence-electron chi connectivity index (χ4n) is 2.40. The number of rotatable bonds is 6. The second kappa shape index (κ2) is 7.61. The first-order chi connectivity index (χ1) is 12.1. The van der Waals surface area contributed by atoms with Crippen molar-refractivity contribution in [3.8, 4) is 5.82 Å². The molecule has 8 nitrogen and oxygen atoms in total. The molecule has 0 saturated heterocycles. The molecule has 2 N–H and O–H groups in total. The van der Waals surface area contributed by atoms with Gasteiger partial charge in [0.25, 0.3) is 0 Å². The number of pyridine rings is 1. The minimum absolute atomic E-state index is 0.298. The van der Waals surface area contributed by atoms with Crippen LogP contribution in [0.25, 0.3) is 5.82 Å². The van der Waals surface area contributed by atoms with Crippen molar-refractivity contribution in [1.82, 2.24) is 29.6 Å². The molecule has 0 saturated carbocycles. The van der Waals surface area contributed by atoms with E-state index in [1.54, 1.807) is 41.6 Å². The molecule has 0 aliphatic heterocycles. The number of imidazole rings is 1. The molecule has 0 aromatic carbocycles. The van der Waals surface area contributed by atoms with Crippen LogP contribution in [-0.2, 0) is 13.1 Å². The molecule has 3 aromatic rings. The average molecular weight is 339 g/mol. The Hall–Kier alpha value is -3.16. The number of hydrogen-bond donors (Lipinski definition) is 2. The Balaban J connectivity index is 1.53. The van der Waals surface area contributed by atoms with E-state index in [2.05, 4.69) is 39.5 Å². The number of nitrogens with zero attached hydrogens (tertiary/aromatic N) is 5. The first-order valence-corrected chi connectivity index (χ1v) is 8.13. The third-order valence-electron chi connectivity index (χ3n) is 3.52. The number of anilines is 1. The molecule has 3 rings (SSSR count). The van der Waals surface area contributed by atoms with Crippen LogP contribution in [0.1, 0.15) is 19.7 Å². The Kier molecular flexibility index (Phi) is 5.08. The molecule has 2 amide bonds. The maximum absolute atomic E-state index is 12.1. The fourth-order valence-corrected chi connectivity index (χ4v) is 2.40. The van der Waals surface area contributed by atoms with Crippen LogP contribution in [-0.4, -0.2) is 30.3 Å². The molecule has 3 heterocycles. The van der Waals surface area contributed by atoms with Gasteiger partial charge in [0.1, 0.15) is 5.82 Å². The molecule has 0 fully saturated rings. The highest BCUT2D eigenvalue weighted by atomic mass is 16.2. The summed E-state index contributed by atoms with van der Waals surface area (Å²) in [6.07, 6.45) is 8.75. The van der Waals surface area contributed by atoms with Crippen molar-refractivity contribution >= 4 is 11.7 Å². The molecule has 0 atom stereocenters. The Morgan fingerprint density at radius 1 is 1.20 bits per heavy atom. The molecule has 25 heavy (non-hydrogen) atoms. The van der Waals surface area contributed by atoms with E-state index in [-0.39, 0.29) is 6.03 Å². The molecular formula is C17H21N7O. The van der Waals surface area contributed by atoms with Crippen molar-refractivity contribution in [1.29, 1.82) is 0 Å². The third-order valence-corrected chi connectivity index (χ3v) is 3.52. The van der Waals surface area contributed by atoms with E-state index in [1.807, 2.05) is 16.8 Å². The smallest absolute Gasteiger partial charge is 0.319 e. The van der Waals surface area contributed by atoms with Gasteiger partial charge in [-0.1, -0.05) is 13.8 Å². The number of nitrogens with one attached hydrogen (secondary N) is 2. The minimum atomic E-state index is -0.298. The Bertz CT molecular complexity index is 806. The lowest BCUT2D eigenvalue weighted by Gasteiger charge is -2.11. The van der Waals surface area contributed by atoms with Gasteiger partial charge >= 0.3 is 6.03 Å². The standard InChI is InChI=1S/C17H21N7O/c1-13(2)12-23-9-7-18-16(23)11-20-17(25)22-14-4-5-15(19-10-14)24-8-3-6-21-24/h3-10,13H,11-12H2,1-2H3,(H2,20,22,25). The predicted octanol–water partition coefficient (Wildman–Crippen LogP) is 2.44. The number of carbonyl (C=O) groups is 1. The Morgan fingerprint density at radius 2 is 2.08 bits per heavy atom. The molecule has 0 radical (unpaired) electrons. The molecule has 8 heteroatoms. The van der Waals surface area contributed by atoms with Crippen molar-refractivity contribution in [3.05, 3.63) is 55.0 Å². The van der Waals surface area contributed by atoms with E-state index in [9.17, 15) is 4.79 Å². The topological polar surface area (TPSA) is 89.7 Å². The summed E-state index contributed by atoms with van der Waals surface area (Å²) < 4.78 is 3.70. The molecule has 130 valence electrons. The summed E-state index contributed by atoms with van der Waals surface area (Å²) in [4.78, 5) is 20.6. The highest BCUT2D eigenvalue weighted by Gasteiger charge is 2.07. The molecular weight excluding hydrogens is 318 g/mol. The van der Waals surface area contributed by atoms with Crippen molar-refractivity contribution < 1.29 is 4.79 Å². The first-order valence-electron chi connectivity index (χ1n) is 8.13. The average Bonchev–Trinajstić information content (AvgIpc) is 3.25. The molecule has 0 unspecified atom stereocenters. The van der Waals surface area contributed by atoms with Crippen molar-refractivity contribution in [3.63, 3.8) is 0 Å². The summed E-state index contributed by atoms with van der Waals surface area (Å²) in [5, 5.41) is 9.68. The van der Waals surface area contributed by atoms with Gasteiger partial charge < -0.3 is 15.2 Å². The minimum Gasteiger partial charge on any atom is -0.333 e. The fraction of sp³-hybridized carbons (Fsp3) is 0.294. The molecule has 0 bridgehead atoms. The third kappa shape index (κ3) is 4.43. The van der Waals surface area contributed by atoms with E-state index in [0.717, 1.165) is 12.4 Å². The molecule has 0 aliphatic rings.